The van der Waals surface area contributed by atoms with Crippen LogP contribution in [0.1, 0.15) is 44.5 Å². The van der Waals surface area contributed by atoms with Crippen molar-refractivity contribution in [3.8, 4) is 0 Å². The van der Waals surface area contributed by atoms with Crippen LogP contribution in [0.5, 0.6) is 0 Å². The van der Waals surface area contributed by atoms with Gasteiger partial charge in [-0.15, -0.1) is 10.2 Å². The van der Waals surface area contributed by atoms with Gasteiger partial charge < -0.3 is 0 Å². The van der Waals surface area contributed by atoms with Gasteiger partial charge in [0.2, 0.25) is 5.95 Å². The molecule has 5 heteroatoms. The van der Waals surface area contributed by atoms with Crippen LogP contribution in [0.25, 0.3) is 0 Å². The molecule has 0 N–H and O–H groups in total. The number of rotatable bonds is 5. The van der Waals surface area contributed by atoms with Crippen LogP contribution in [0.4, 0.5) is 11.8 Å². The minimum atomic E-state index is 0.236. The summed E-state index contributed by atoms with van der Waals surface area (Å²) in [6.45, 7) is 6.18. The van der Waals surface area contributed by atoms with E-state index in [1.165, 1.54) is 5.56 Å². The van der Waals surface area contributed by atoms with Gasteiger partial charge in [-0.3, -0.25) is 9.47 Å². The number of benzene rings is 1. The second-order valence-corrected chi connectivity index (χ2v) is 5.54. The van der Waals surface area contributed by atoms with Crippen molar-refractivity contribution >= 4 is 11.8 Å². The normalized spacial score (nSPS) is 11.4. The van der Waals surface area contributed by atoms with Gasteiger partial charge in [0.1, 0.15) is 11.6 Å². The molecule has 2 heterocycles. The molecule has 0 aliphatic rings. The lowest BCUT2D eigenvalue weighted by Crippen LogP contribution is -2.17. The van der Waals surface area contributed by atoms with Crippen molar-refractivity contribution in [2.75, 3.05) is 11.9 Å². The quantitative estimate of drug-likeness (QED) is 0.685. The molecule has 0 saturated carbocycles. The Hall–Kier alpha value is -2.69. The van der Waals surface area contributed by atoms with E-state index in [9.17, 15) is 0 Å². The first-order valence-corrected chi connectivity index (χ1v) is 8.81. The first-order chi connectivity index (χ1) is 12.2. The van der Waals surface area contributed by atoms with Crippen molar-refractivity contribution in [2.45, 2.75) is 33.1 Å². The Morgan fingerprint density at radius 2 is 1.68 bits per heavy atom. The van der Waals surface area contributed by atoms with E-state index in [2.05, 4.69) is 50.9 Å². The smallest absolute Gasteiger partial charge is 0.232 e. The van der Waals surface area contributed by atoms with E-state index in [-0.39, 0.29) is 5.92 Å². The SMILES string of the molecule is CC.CCC(c1ccccc1)c1nnc(N(C)c2ccccn2)n1C. The van der Waals surface area contributed by atoms with Crippen molar-refractivity contribution in [1.29, 1.82) is 0 Å². The van der Waals surface area contributed by atoms with Gasteiger partial charge in [0.15, 0.2) is 0 Å². The van der Waals surface area contributed by atoms with Crippen molar-refractivity contribution in [3.05, 3.63) is 66.1 Å². The summed E-state index contributed by atoms with van der Waals surface area (Å²) in [4.78, 5) is 6.33. The topological polar surface area (TPSA) is 46.8 Å². The average molecular weight is 337 g/mol. The van der Waals surface area contributed by atoms with Crippen LogP contribution in [0, 0.1) is 0 Å². The monoisotopic (exact) mass is 337 g/mol. The van der Waals surface area contributed by atoms with Crippen molar-refractivity contribution in [3.63, 3.8) is 0 Å². The van der Waals surface area contributed by atoms with E-state index < -0.39 is 0 Å². The number of nitrogens with zero attached hydrogens (tertiary/aromatic N) is 5. The fourth-order valence-electron chi connectivity index (χ4n) is 2.84. The molecule has 0 aliphatic heterocycles. The lowest BCUT2D eigenvalue weighted by molar-refractivity contribution is 0.670. The van der Waals surface area contributed by atoms with Crippen LogP contribution in [-0.2, 0) is 7.05 Å². The molecule has 132 valence electrons. The zero-order valence-electron chi connectivity index (χ0n) is 15.7. The van der Waals surface area contributed by atoms with Gasteiger partial charge in [-0.1, -0.05) is 57.2 Å². The Balaban J connectivity index is 0.00000109. The molecule has 0 fully saturated rings. The van der Waals surface area contributed by atoms with Crippen LogP contribution >= 0.6 is 0 Å². The Labute approximate surface area is 150 Å². The first-order valence-electron chi connectivity index (χ1n) is 8.81. The number of anilines is 2. The Bertz CT molecular complexity index is 752. The first kappa shape index (κ1) is 18.6. The lowest BCUT2D eigenvalue weighted by Gasteiger charge is -2.19. The third kappa shape index (κ3) is 4.05. The van der Waals surface area contributed by atoms with Crippen LogP contribution < -0.4 is 4.90 Å². The van der Waals surface area contributed by atoms with E-state index in [0.717, 1.165) is 24.0 Å². The zero-order valence-corrected chi connectivity index (χ0v) is 15.7. The highest BCUT2D eigenvalue weighted by atomic mass is 15.4. The summed E-state index contributed by atoms with van der Waals surface area (Å²) in [6.07, 6.45) is 2.76. The predicted octanol–water partition coefficient (Wildman–Crippen LogP) is 4.55. The van der Waals surface area contributed by atoms with Crippen molar-refractivity contribution < 1.29 is 0 Å². The molecule has 0 bridgehead atoms. The Morgan fingerprint density at radius 3 is 2.28 bits per heavy atom. The molecule has 0 amide bonds. The molecule has 1 atom stereocenters. The van der Waals surface area contributed by atoms with Gasteiger partial charge in [0, 0.05) is 26.2 Å². The largest absolute Gasteiger partial charge is 0.300 e. The standard InChI is InChI=1S/C18H21N5.C2H6/c1-4-15(14-10-6-5-7-11-14)17-20-21-18(23(17)3)22(2)16-12-8-9-13-19-16;1-2/h5-13,15H,4H2,1-3H3;1-2H3. The minimum Gasteiger partial charge on any atom is -0.300 e. The molecule has 5 nitrogen and oxygen atoms in total. The molecule has 3 aromatic rings. The highest BCUT2D eigenvalue weighted by Gasteiger charge is 2.21. The fourth-order valence-corrected chi connectivity index (χ4v) is 2.84. The lowest BCUT2D eigenvalue weighted by atomic mass is 9.96. The van der Waals surface area contributed by atoms with Gasteiger partial charge in [-0.05, 0) is 24.1 Å². The molecular formula is C20H27N5. The highest BCUT2D eigenvalue weighted by Crippen LogP contribution is 2.29. The van der Waals surface area contributed by atoms with E-state index in [1.807, 2.05) is 57.1 Å². The van der Waals surface area contributed by atoms with Crippen molar-refractivity contribution in [1.82, 2.24) is 19.7 Å². The molecule has 0 radical (unpaired) electrons. The van der Waals surface area contributed by atoms with E-state index in [4.69, 9.17) is 0 Å². The maximum absolute atomic E-state index is 4.45. The molecule has 1 aromatic carbocycles. The highest BCUT2D eigenvalue weighted by molar-refractivity contribution is 5.51. The second-order valence-electron chi connectivity index (χ2n) is 5.54. The van der Waals surface area contributed by atoms with Gasteiger partial charge >= 0.3 is 0 Å². The fraction of sp³-hybridized carbons (Fsp3) is 0.350. The molecule has 0 saturated heterocycles. The molecular weight excluding hydrogens is 310 g/mol. The third-order valence-corrected chi connectivity index (χ3v) is 4.10. The average Bonchev–Trinajstić information content (AvgIpc) is 3.06. The predicted molar refractivity (Wildman–Crippen MR) is 103 cm³/mol. The van der Waals surface area contributed by atoms with Gasteiger partial charge in [0.25, 0.3) is 0 Å². The summed E-state index contributed by atoms with van der Waals surface area (Å²) in [5.41, 5.74) is 1.26. The summed E-state index contributed by atoms with van der Waals surface area (Å²) < 4.78 is 2.05. The molecule has 0 aliphatic carbocycles. The second kappa shape index (κ2) is 8.97. The molecule has 1 unspecified atom stereocenters. The number of pyridine rings is 1. The Morgan fingerprint density at radius 1 is 1.00 bits per heavy atom. The van der Waals surface area contributed by atoms with Gasteiger partial charge in [-0.25, -0.2) is 4.98 Å². The molecule has 25 heavy (non-hydrogen) atoms. The van der Waals surface area contributed by atoms with E-state index in [0.29, 0.717) is 0 Å². The maximum Gasteiger partial charge on any atom is 0.232 e. The van der Waals surface area contributed by atoms with Crippen LogP contribution in [0.15, 0.2) is 54.7 Å². The Kier molecular flexibility index (Phi) is 6.69. The summed E-state index contributed by atoms with van der Waals surface area (Å²) in [6, 6.07) is 16.3. The minimum absolute atomic E-state index is 0.236. The van der Waals surface area contributed by atoms with Crippen LogP contribution in [0.3, 0.4) is 0 Å². The molecule has 2 aromatic heterocycles. The zero-order chi connectivity index (χ0) is 18.2. The summed E-state index contributed by atoms with van der Waals surface area (Å²) in [7, 11) is 3.97. The van der Waals surface area contributed by atoms with E-state index >= 15 is 0 Å². The van der Waals surface area contributed by atoms with E-state index in [1.54, 1.807) is 6.20 Å². The third-order valence-electron chi connectivity index (χ3n) is 4.10. The molecule has 3 rings (SSSR count). The molecule has 0 spiro atoms. The summed E-state index contributed by atoms with van der Waals surface area (Å²) in [5.74, 6) is 2.84. The van der Waals surface area contributed by atoms with Crippen molar-refractivity contribution in [2.24, 2.45) is 7.05 Å². The number of hydrogen-bond acceptors (Lipinski definition) is 4. The van der Waals surface area contributed by atoms with Crippen LogP contribution in [0.2, 0.25) is 0 Å². The van der Waals surface area contributed by atoms with Crippen LogP contribution in [-0.4, -0.2) is 26.8 Å². The summed E-state index contributed by atoms with van der Waals surface area (Å²) >= 11 is 0. The summed E-state index contributed by atoms with van der Waals surface area (Å²) in [5, 5.41) is 8.84. The van der Waals surface area contributed by atoms with Gasteiger partial charge in [-0.2, -0.15) is 0 Å². The number of hydrogen-bond donors (Lipinski definition) is 0. The number of aromatic nitrogens is 4. The van der Waals surface area contributed by atoms with Gasteiger partial charge in [0.05, 0.1) is 0 Å². The maximum atomic E-state index is 4.45.